The Morgan fingerprint density at radius 3 is 2.40 bits per heavy atom. The highest BCUT2D eigenvalue weighted by Gasteiger charge is 2.64. The lowest BCUT2D eigenvalue weighted by atomic mass is 9.57. The molecule has 0 aliphatic heterocycles. The third-order valence-electron chi connectivity index (χ3n) is 8.41. The fourth-order valence-corrected chi connectivity index (χ4v) is 6.30. The number of primary amides is 1. The molecule has 0 unspecified atom stereocenters. The van der Waals surface area contributed by atoms with E-state index in [0.29, 0.717) is 6.54 Å². The maximum absolute atomic E-state index is 14.9. The third-order valence-corrected chi connectivity index (χ3v) is 8.41. The van der Waals surface area contributed by atoms with Gasteiger partial charge in [0.15, 0.2) is 17.2 Å². The van der Waals surface area contributed by atoms with E-state index in [0.717, 1.165) is 11.6 Å². The summed E-state index contributed by atoms with van der Waals surface area (Å²) in [5.41, 5.74) is 0.624. The minimum absolute atomic E-state index is 0.0517. The van der Waals surface area contributed by atoms with E-state index in [1.807, 2.05) is 13.0 Å². The summed E-state index contributed by atoms with van der Waals surface area (Å²) in [5.74, 6) is -10.6. The van der Waals surface area contributed by atoms with Crippen LogP contribution >= 0.6 is 0 Å². The molecule has 0 spiro atoms. The number of nitrogens with two attached hydrogens (primary N) is 1. The van der Waals surface area contributed by atoms with Gasteiger partial charge in [-0.1, -0.05) is 11.6 Å². The fourth-order valence-electron chi connectivity index (χ4n) is 6.30. The Morgan fingerprint density at radius 2 is 1.86 bits per heavy atom. The van der Waals surface area contributed by atoms with E-state index in [4.69, 9.17) is 5.73 Å². The molecule has 3 aliphatic rings. The molecular formula is C29H32F3N3O7. The standard InChI is InChI=1S/C29H32F3N3O7/c1-5-11(2)9-34-10-13-7-15(20(30)27(31)32)14-6-12-8-16-21(35(3)4)24(38)19(28(33)41)26(40)29(16,42)25(39)17(12)23(37)18(14)22(13)36/h5,7,12,16,21,34,36-37,40,42H,6,8-10H2,1-4H3,(H2,33,41)/b11-5+/t12-,16-,21-,29-/m0/s1. The Kier molecular flexibility index (Phi) is 8.15. The number of phenolic OH excluding ortho intramolecular Hbond substituents is 1. The molecule has 226 valence electrons. The van der Waals surface area contributed by atoms with E-state index in [2.05, 4.69) is 5.32 Å². The van der Waals surface area contributed by atoms with Crippen LogP contribution in [0.2, 0.25) is 0 Å². The predicted molar refractivity (Wildman–Crippen MR) is 146 cm³/mol. The average molecular weight is 592 g/mol. The number of phenols is 1. The fraction of sp³-hybridized carbons (Fsp3) is 0.414. The lowest BCUT2D eigenvalue weighted by Gasteiger charge is -2.50. The largest absolute Gasteiger partial charge is 0.508 e. The molecule has 0 aromatic heterocycles. The zero-order valence-corrected chi connectivity index (χ0v) is 23.4. The van der Waals surface area contributed by atoms with Gasteiger partial charge in [0.1, 0.15) is 22.8 Å². The number of hydrogen-bond donors (Lipinski definition) is 6. The first-order valence-corrected chi connectivity index (χ1v) is 13.2. The summed E-state index contributed by atoms with van der Waals surface area (Å²) in [4.78, 5) is 40.5. The molecule has 7 N–H and O–H groups in total. The van der Waals surface area contributed by atoms with Gasteiger partial charge < -0.3 is 31.5 Å². The van der Waals surface area contributed by atoms with E-state index in [1.165, 1.54) is 19.0 Å². The second kappa shape index (κ2) is 11.0. The number of amides is 1. The zero-order chi connectivity index (χ0) is 31.4. The van der Waals surface area contributed by atoms with Crippen molar-refractivity contribution in [3.63, 3.8) is 0 Å². The number of fused-ring (bicyclic) bond motifs is 3. The highest BCUT2D eigenvalue weighted by molar-refractivity contribution is 6.24. The molecule has 0 bridgehead atoms. The normalized spacial score (nSPS) is 25.8. The topological polar surface area (TPSA) is 173 Å². The van der Waals surface area contributed by atoms with E-state index in [-0.39, 0.29) is 30.5 Å². The van der Waals surface area contributed by atoms with Gasteiger partial charge in [-0.2, -0.15) is 8.78 Å². The maximum Gasteiger partial charge on any atom is 0.306 e. The van der Waals surface area contributed by atoms with Crippen molar-refractivity contribution in [1.29, 1.82) is 0 Å². The number of allylic oxidation sites excluding steroid dienone is 1. The molecule has 42 heavy (non-hydrogen) atoms. The molecule has 0 heterocycles. The van der Waals surface area contributed by atoms with Gasteiger partial charge in [-0.3, -0.25) is 19.3 Å². The second-order valence-electron chi connectivity index (χ2n) is 11.1. The summed E-state index contributed by atoms with van der Waals surface area (Å²) in [6, 6.07) is -0.273. The molecule has 1 aromatic rings. The van der Waals surface area contributed by atoms with E-state index in [1.54, 1.807) is 6.92 Å². The smallest absolute Gasteiger partial charge is 0.306 e. The number of aliphatic hydroxyl groups is 3. The number of nitrogens with one attached hydrogen (secondary N) is 1. The number of carbonyl (C=O) groups is 3. The monoisotopic (exact) mass is 591 g/mol. The SMILES string of the molecule is C/C=C(\C)CNCc1cc(C(F)=C(F)F)c2c(c1O)C(O)=C1C(=O)[C@]3(O)C(O)=C(C(N)=O)C(=O)[C@@H](N(C)C)[C@@H]3C[C@@H]1C2. The summed E-state index contributed by atoms with van der Waals surface area (Å²) >= 11 is 0. The minimum atomic E-state index is -2.86. The van der Waals surface area contributed by atoms with E-state index >= 15 is 0 Å². The Bertz CT molecular complexity index is 1520. The van der Waals surface area contributed by atoms with Crippen LogP contribution in [0.15, 0.2) is 40.7 Å². The van der Waals surface area contributed by atoms with Crippen molar-refractivity contribution in [2.24, 2.45) is 17.6 Å². The number of likely N-dealkylation sites (N-methyl/N-ethyl adjacent to an activating group) is 1. The number of nitrogens with zero attached hydrogens (tertiary/aromatic N) is 1. The molecule has 10 nitrogen and oxygen atoms in total. The van der Waals surface area contributed by atoms with Crippen molar-refractivity contribution >= 4 is 29.1 Å². The third kappa shape index (κ3) is 4.61. The van der Waals surface area contributed by atoms with Gasteiger partial charge in [-0.05, 0) is 58.3 Å². The molecule has 0 saturated heterocycles. The van der Waals surface area contributed by atoms with Crippen molar-refractivity contribution in [2.75, 3.05) is 20.6 Å². The number of carbonyl (C=O) groups excluding carboxylic acids is 3. The van der Waals surface area contributed by atoms with Gasteiger partial charge in [0.25, 0.3) is 5.91 Å². The molecule has 13 heteroatoms. The van der Waals surface area contributed by atoms with Crippen molar-refractivity contribution in [1.82, 2.24) is 10.2 Å². The number of hydrogen-bond acceptors (Lipinski definition) is 9. The molecule has 0 radical (unpaired) electrons. The van der Waals surface area contributed by atoms with Crippen LogP contribution in [0, 0.1) is 11.8 Å². The lowest BCUT2D eigenvalue weighted by molar-refractivity contribution is -0.153. The van der Waals surface area contributed by atoms with Crippen LogP contribution in [0.4, 0.5) is 13.2 Å². The first-order chi connectivity index (χ1) is 19.6. The highest BCUT2D eigenvalue weighted by Crippen LogP contribution is 2.54. The molecule has 4 rings (SSSR count). The molecular weight excluding hydrogens is 559 g/mol. The van der Waals surface area contributed by atoms with Gasteiger partial charge in [0.2, 0.25) is 5.78 Å². The number of halogens is 3. The van der Waals surface area contributed by atoms with E-state index in [9.17, 15) is 48.0 Å². The highest BCUT2D eigenvalue weighted by atomic mass is 19.3. The van der Waals surface area contributed by atoms with Gasteiger partial charge >= 0.3 is 6.08 Å². The van der Waals surface area contributed by atoms with Crippen LogP contribution in [-0.2, 0) is 27.3 Å². The molecule has 1 saturated carbocycles. The van der Waals surface area contributed by atoms with Crippen molar-refractivity contribution < 1.29 is 48.0 Å². The zero-order valence-electron chi connectivity index (χ0n) is 23.4. The Balaban J connectivity index is 1.96. The average Bonchev–Trinajstić information content (AvgIpc) is 2.90. The first-order valence-electron chi connectivity index (χ1n) is 13.2. The van der Waals surface area contributed by atoms with Crippen LogP contribution in [-0.4, -0.2) is 75.1 Å². The van der Waals surface area contributed by atoms with Gasteiger partial charge in [-0.25, -0.2) is 4.39 Å². The molecule has 3 aliphatic carbocycles. The number of rotatable bonds is 7. The summed E-state index contributed by atoms with van der Waals surface area (Å²) in [6.45, 7) is 3.85. The number of benzene rings is 1. The maximum atomic E-state index is 14.9. The molecule has 1 fully saturated rings. The van der Waals surface area contributed by atoms with Crippen molar-refractivity contribution in [3.8, 4) is 5.75 Å². The predicted octanol–water partition coefficient (Wildman–Crippen LogP) is 2.55. The Labute approximate surface area is 239 Å². The number of aliphatic hydroxyl groups excluding tert-OH is 2. The Hall–Kier alpha value is -3.94. The lowest BCUT2D eigenvalue weighted by Crippen LogP contribution is -2.65. The van der Waals surface area contributed by atoms with Crippen molar-refractivity contribution in [3.05, 3.63) is 63.0 Å². The van der Waals surface area contributed by atoms with Gasteiger partial charge in [0, 0.05) is 35.7 Å². The van der Waals surface area contributed by atoms with Crippen LogP contribution in [0.1, 0.15) is 42.5 Å². The van der Waals surface area contributed by atoms with Crippen LogP contribution in [0.5, 0.6) is 5.75 Å². The number of Topliss-reactive ketones (excluding diaryl/α,β-unsaturated/α-hetero) is 2. The van der Waals surface area contributed by atoms with Gasteiger partial charge in [-0.15, -0.1) is 0 Å². The number of aromatic hydroxyl groups is 1. The molecule has 4 atom stereocenters. The summed E-state index contributed by atoms with van der Waals surface area (Å²) in [5, 5.41) is 48.1. The van der Waals surface area contributed by atoms with Crippen LogP contribution in [0.25, 0.3) is 11.6 Å². The Morgan fingerprint density at radius 1 is 1.21 bits per heavy atom. The van der Waals surface area contributed by atoms with Crippen LogP contribution < -0.4 is 11.1 Å². The molecule has 1 amide bonds. The minimum Gasteiger partial charge on any atom is -0.508 e. The first kappa shape index (κ1) is 31.0. The molecule has 1 aromatic carbocycles. The summed E-state index contributed by atoms with van der Waals surface area (Å²) < 4.78 is 42.0. The van der Waals surface area contributed by atoms with Gasteiger partial charge in [0.05, 0.1) is 11.6 Å². The quantitative estimate of drug-likeness (QED) is 0.206. The summed E-state index contributed by atoms with van der Waals surface area (Å²) in [6.07, 6.45) is -1.40. The summed E-state index contributed by atoms with van der Waals surface area (Å²) in [7, 11) is 2.89. The van der Waals surface area contributed by atoms with Crippen molar-refractivity contribution in [2.45, 2.75) is 44.9 Å². The van der Waals surface area contributed by atoms with Crippen LogP contribution in [0.3, 0.4) is 0 Å². The van der Waals surface area contributed by atoms with E-state index < -0.39 is 92.4 Å². The second-order valence-corrected chi connectivity index (χ2v) is 11.1. The number of ketones is 2.